The highest BCUT2D eigenvalue weighted by Gasteiger charge is 2.18. The Kier molecular flexibility index (Phi) is 8.89. The molecule has 1 aliphatic heterocycles. The van der Waals surface area contributed by atoms with Crippen molar-refractivity contribution in [1.82, 2.24) is 10.6 Å². The first-order valence-electron chi connectivity index (χ1n) is 4.17. The Morgan fingerprint density at radius 1 is 1.08 bits per heavy atom. The minimum Gasteiger partial charge on any atom is -0.311 e. The molecule has 0 amide bonds. The van der Waals surface area contributed by atoms with Gasteiger partial charge in [0, 0.05) is 25.2 Å². The summed E-state index contributed by atoms with van der Waals surface area (Å²) in [6.45, 7) is 8.97. The second-order valence-corrected chi connectivity index (χ2v) is 3.57. The average molecular weight is 210 g/mol. The lowest BCUT2D eigenvalue weighted by atomic mass is 10.0. The molecule has 2 nitrogen and oxygen atoms in total. The Morgan fingerprint density at radius 3 is 2.00 bits per heavy atom. The van der Waals surface area contributed by atoms with Crippen molar-refractivity contribution in [3.8, 4) is 0 Å². The van der Waals surface area contributed by atoms with E-state index in [0.29, 0.717) is 12.1 Å². The SMILES string of the molecule is CC(C)[C@H]1CN[C@@H](C)CN1.S.S. The van der Waals surface area contributed by atoms with Crippen LogP contribution < -0.4 is 10.6 Å². The number of nitrogens with one attached hydrogen (secondary N) is 2. The molecule has 0 aliphatic carbocycles. The molecule has 0 bridgehead atoms. The predicted octanol–water partition coefficient (Wildman–Crippen LogP) is 0.818. The molecular weight excluding hydrogens is 188 g/mol. The molecule has 0 aromatic rings. The summed E-state index contributed by atoms with van der Waals surface area (Å²) in [7, 11) is 0. The van der Waals surface area contributed by atoms with Crippen molar-refractivity contribution < 1.29 is 0 Å². The van der Waals surface area contributed by atoms with Crippen LogP contribution in [0.5, 0.6) is 0 Å². The van der Waals surface area contributed by atoms with E-state index in [0.717, 1.165) is 19.0 Å². The van der Waals surface area contributed by atoms with E-state index in [4.69, 9.17) is 0 Å². The van der Waals surface area contributed by atoms with Crippen molar-refractivity contribution in [3.63, 3.8) is 0 Å². The van der Waals surface area contributed by atoms with Gasteiger partial charge in [-0.15, -0.1) is 0 Å². The van der Waals surface area contributed by atoms with Gasteiger partial charge in [-0.25, -0.2) is 0 Å². The van der Waals surface area contributed by atoms with Crippen molar-refractivity contribution in [2.24, 2.45) is 5.92 Å². The lowest BCUT2D eigenvalue weighted by Gasteiger charge is -2.31. The van der Waals surface area contributed by atoms with Crippen LogP contribution in [0.25, 0.3) is 0 Å². The minimum atomic E-state index is 0. The number of rotatable bonds is 1. The van der Waals surface area contributed by atoms with E-state index >= 15 is 0 Å². The van der Waals surface area contributed by atoms with E-state index < -0.39 is 0 Å². The molecule has 1 saturated heterocycles. The van der Waals surface area contributed by atoms with Crippen LogP contribution in [0.1, 0.15) is 20.8 Å². The molecule has 4 heteroatoms. The van der Waals surface area contributed by atoms with E-state index in [-0.39, 0.29) is 27.0 Å². The Balaban J connectivity index is 0. The second-order valence-electron chi connectivity index (χ2n) is 3.57. The lowest BCUT2D eigenvalue weighted by molar-refractivity contribution is 0.303. The predicted molar refractivity (Wildman–Crippen MR) is 64.9 cm³/mol. The van der Waals surface area contributed by atoms with E-state index in [2.05, 4.69) is 31.4 Å². The molecular formula is C8H22N2S2. The fraction of sp³-hybridized carbons (Fsp3) is 1.00. The quantitative estimate of drug-likeness (QED) is 0.669. The van der Waals surface area contributed by atoms with Crippen LogP contribution in [0.3, 0.4) is 0 Å². The third kappa shape index (κ3) is 4.60. The van der Waals surface area contributed by atoms with Crippen molar-refractivity contribution in [2.75, 3.05) is 13.1 Å². The first-order valence-corrected chi connectivity index (χ1v) is 4.17. The maximum absolute atomic E-state index is 3.51. The van der Waals surface area contributed by atoms with Crippen molar-refractivity contribution in [1.29, 1.82) is 0 Å². The maximum atomic E-state index is 3.51. The summed E-state index contributed by atoms with van der Waals surface area (Å²) in [5.74, 6) is 0.750. The summed E-state index contributed by atoms with van der Waals surface area (Å²) in [5.41, 5.74) is 0. The number of piperazine rings is 1. The first-order chi connectivity index (χ1) is 4.70. The van der Waals surface area contributed by atoms with Crippen LogP contribution >= 0.6 is 27.0 Å². The molecule has 0 unspecified atom stereocenters. The van der Waals surface area contributed by atoms with Gasteiger partial charge < -0.3 is 10.6 Å². The Labute approximate surface area is 89.8 Å². The van der Waals surface area contributed by atoms with Crippen LogP contribution in [-0.2, 0) is 0 Å². The topological polar surface area (TPSA) is 24.1 Å². The average Bonchev–Trinajstić information content (AvgIpc) is 1.88. The highest BCUT2D eigenvalue weighted by Crippen LogP contribution is 2.03. The number of hydrogen-bond acceptors (Lipinski definition) is 2. The molecule has 0 radical (unpaired) electrons. The van der Waals surface area contributed by atoms with Crippen LogP contribution in [0.15, 0.2) is 0 Å². The van der Waals surface area contributed by atoms with Crippen molar-refractivity contribution >= 4 is 27.0 Å². The highest BCUT2D eigenvalue weighted by molar-refractivity contribution is 7.59. The van der Waals surface area contributed by atoms with Gasteiger partial charge >= 0.3 is 0 Å². The smallest absolute Gasteiger partial charge is 0.0216 e. The minimum absolute atomic E-state index is 0. The first kappa shape index (κ1) is 15.1. The summed E-state index contributed by atoms with van der Waals surface area (Å²) >= 11 is 0. The lowest BCUT2D eigenvalue weighted by Crippen LogP contribution is -2.54. The van der Waals surface area contributed by atoms with Crippen LogP contribution in [0.2, 0.25) is 0 Å². The van der Waals surface area contributed by atoms with Gasteiger partial charge in [-0.1, -0.05) is 13.8 Å². The zero-order valence-corrected chi connectivity index (χ0v) is 10.1. The van der Waals surface area contributed by atoms with E-state index in [9.17, 15) is 0 Å². The summed E-state index contributed by atoms with van der Waals surface area (Å²) in [6.07, 6.45) is 0. The molecule has 76 valence electrons. The monoisotopic (exact) mass is 210 g/mol. The fourth-order valence-corrected chi connectivity index (χ4v) is 1.27. The third-order valence-electron chi connectivity index (χ3n) is 2.18. The zero-order valence-electron chi connectivity index (χ0n) is 8.15. The van der Waals surface area contributed by atoms with Gasteiger partial charge in [0.1, 0.15) is 0 Å². The summed E-state index contributed by atoms with van der Waals surface area (Å²) < 4.78 is 0. The van der Waals surface area contributed by atoms with Gasteiger partial charge in [0.25, 0.3) is 0 Å². The summed E-state index contributed by atoms with van der Waals surface area (Å²) in [5, 5.41) is 6.96. The molecule has 0 spiro atoms. The largest absolute Gasteiger partial charge is 0.311 e. The van der Waals surface area contributed by atoms with Gasteiger partial charge in [-0.05, 0) is 12.8 Å². The Morgan fingerprint density at radius 2 is 1.67 bits per heavy atom. The Hall–Kier alpha value is 0.620. The molecule has 12 heavy (non-hydrogen) atoms. The standard InChI is InChI=1S/C8H18N2.2H2S/c1-6(2)8-5-9-7(3)4-10-8;;/h6-10H,4-5H2,1-3H3;2*1H2/t7-,8+;;/m0../s1. The van der Waals surface area contributed by atoms with E-state index in [1.807, 2.05) is 0 Å². The third-order valence-corrected chi connectivity index (χ3v) is 2.18. The van der Waals surface area contributed by atoms with Gasteiger partial charge in [-0.2, -0.15) is 27.0 Å². The molecule has 1 fully saturated rings. The van der Waals surface area contributed by atoms with Crippen LogP contribution in [0, 0.1) is 5.92 Å². The molecule has 2 atom stereocenters. The molecule has 1 heterocycles. The summed E-state index contributed by atoms with van der Waals surface area (Å²) in [6, 6.07) is 1.33. The molecule has 1 aliphatic rings. The van der Waals surface area contributed by atoms with Gasteiger partial charge in [0.15, 0.2) is 0 Å². The maximum Gasteiger partial charge on any atom is 0.0216 e. The van der Waals surface area contributed by atoms with E-state index in [1.54, 1.807) is 0 Å². The molecule has 0 aromatic heterocycles. The zero-order chi connectivity index (χ0) is 7.56. The van der Waals surface area contributed by atoms with Crippen molar-refractivity contribution in [3.05, 3.63) is 0 Å². The van der Waals surface area contributed by atoms with Crippen LogP contribution in [0.4, 0.5) is 0 Å². The Bertz CT molecular complexity index is 101. The van der Waals surface area contributed by atoms with Gasteiger partial charge in [0.05, 0.1) is 0 Å². The number of hydrogen-bond donors (Lipinski definition) is 2. The molecule has 1 rings (SSSR count). The second kappa shape index (κ2) is 7.06. The van der Waals surface area contributed by atoms with Crippen LogP contribution in [-0.4, -0.2) is 25.2 Å². The highest BCUT2D eigenvalue weighted by atomic mass is 32.1. The van der Waals surface area contributed by atoms with Gasteiger partial charge in [0.2, 0.25) is 0 Å². The molecule has 0 aromatic carbocycles. The normalized spacial score (nSPS) is 29.0. The van der Waals surface area contributed by atoms with Crippen molar-refractivity contribution in [2.45, 2.75) is 32.9 Å². The summed E-state index contributed by atoms with van der Waals surface area (Å²) in [4.78, 5) is 0. The molecule has 0 saturated carbocycles. The molecule has 2 N–H and O–H groups in total. The van der Waals surface area contributed by atoms with E-state index in [1.165, 1.54) is 0 Å². The van der Waals surface area contributed by atoms with Gasteiger partial charge in [-0.3, -0.25) is 0 Å². The fourth-order valence-electron chi connectivity index (χ4n) is 1.27.